The molecule has 0 aliphatic carbocycles. The first-order valence-electron chi connectivity index (χ1n) is 6.48. The molecule has 6 nitrogen and oxygen atoms in total. The van der Waals surface area contributed by atoms with Crippen LogP contribution in [0.3, 0.4) is 0 Å². The van der Waals surface area contributed by atoms with Crippen LogP contribution in [0.5, 0.6) is 0 Å². The Morgan fingerprint density at radius 1 is 1.25 bits per heavy atom. The van der Waals surface area contributed by atoms with Gasteiger partial charge < -0.3 is 10.6 Å². The van der Waals surface area contributed by atoms with E-state index in [2.05, 4.69) is 15.4 Å². The summed E-state index contributed by atoms with van der Waals surface area (Å²) in [4.78, 5) is 11.1. The van der Waals surface area contributed by atoms with Crippen LogP contribution in [-0.2, 0) is 21.4 Å². The minimum Gasteiger partial charge on any atom is -0.326 e. The van der Waals surface area contributed by atoms with Gasteiger partial charge in [-0.25, -0.2) is 13.1 Å². The normalized spacial score (nSPS) is 11.3. The fourth-order valence-electron chi connectivity index (χ4n) is 1.71. The lowest BCUT2D eigenvalue weighted by atomic mass is 10.1. The molecule has 0 aliphatic rings. The molecular formula is C13H21N3O3S. The Hall–Kier alpha value is -1.44. The monoisotopic (exact) mass is 299 g/mol. The molecule has 3 N–H and O–H groups in total. The highest BCUT2D eigenvalue weighted by Crippen LogP contribution is 2.14. The minimum absolute atomic E-state index is 0.0309. The van der Waals surface area contributed by atoms with Crippen LogP contribution in [0.2, 0.25) is 0 Å². The number of nitrogens with one attached hydrogen (secondary N) is 3. The second-order valence-corrected chi connectivity index (χ2v) is 6.26. The highest BCUT2D eigenvalue weighted by molar-refractivity contribution is 7.89. The van der Waals surface area contributed by atoms with E-state index < -0.39 is 10.0 Å². The second kappa shape index (κ2) is 7.98. The summed E-state index contributed by atoms with van der Waals surface area (Å²) in [7, 11) is -3.20. The molecule has 0 aromatic heterocycles. The van der Waals surface area contributed by atoms with Gasteiger partial charge in [0.25, 0.3) is 0 Å². The molecule has 0 atom stereocenters. The lowest BCUT2D eigenvalue weighted by Crippen LogP contribution is -2.31. The molecule has 112 valence electrons. The number of carbonyl (C=O) groups is 1. The summed E-state index contributed by atoms with van der Waals surface area (Å²) in [5, 5.41) is 5.80. The maximum Gasteiger partial charge on any atom is 0.221 e. The topological polar surface area (TPSA) is 87.3 Å². The summed E-state index contributed by atoms with van der Waals surface area (Å²) in [6.45, 7) is 4.44. The van der Waals surface area contributed by atoms with E-state index >= 15 is 0 Å². The van der Waals surface area contributed by atoms with Gasteiger partial charge in [0.05, 0.1) is 5.75 Å². The molecule has 0 fully saturated rings. The van der Waals surface area contributed by atoms with Crippen LogP contribution in [0.15, 0.2) is 24.3 Å². The van der Waals surface area contributed by atoms with Crippen molar-refractivity contribution in [3.05, 3.63) is 29.8 Å². The van der Waals surface area contributed by atoms with Crippen molar-refractivity contribution in [1.82, 2.24) is 10.0 Å². The van der Waals surface area contributed by atoms with Gasteiger partial charge in [-0.15, -0.1) is 0 Å². The van der Waals surface area contributed by atoms with Crippen molar-refractivity contribution in [2.75, 3.05) is 24.2 Å². The maximum absolute atomic E-state index is 11.4. The van der Waals surface area contributed by atoms with Gasteiger partial charge in [0.2, 0.25) is 15.9 Å². The Morgan fingerprint density at radius 2 is 1.95 bits per heavy atom. The summed E-state index contributed by atoms with van der Waals surface area (Å²) in [6, 6.07) is 7.41. The zero-order valence-electron chi connectivity index (χ0n) is 11.8. The van der Waals surface area contributed by atoms with Crippen molar-refractivity contribution in [2.24, 2.45) is 0 Å². The molecule has 0 bridgehead atoms. The molecule has 1 aromatic rings. The van der Waals surface area contributed by atoms with E-state index in [4.69, 9.17) is 0 Å². The third kappa shape index (κ3) is 6.14. The van der Waals surface area contributed by atoms with Crippen LogP contribution >= 0.6 is 0 Å². The fraction of sp³-hybridized carbons (Fsp3) is 0.462. The molecular weight excluding hydrogens is 278 g/mol. The zero-order valence-corrected chi connectivity index (χ0v) is 12.6. The highest BCUT2D eigenvalue weighted by Gasteiger charge is 2.08. The first-order valence-corrected chi connectivity index (χ1v) is 8.13. The summed E-state index contributed by atoms with van der Waals surface area (Å²) in [5.74, 6) is -0.101. The molecule has 0 aliphatic heterocycles. The standard InChI is InChI=1S/C13H21N3O3S/c1-3-15-20(18,19)9-8-14-10-12-6-4-5-7-13(12)16-11(2)17/h4-7,14-15H,3,8-10H2,1-2H3,(H,16,17). The van der Waals surface area contributed by atoms with Crippen LogP contribution in [0, 0.1) is 0 Å². The molecule has 0 unspecified atom stereocenters. The van der Waals surface area contributed by atoms with Crippen LogP contribution in [-0.4, -0.2) is 33.2 Å². The Morgan fingerprint density at radius 3 is 2.60 bits per heavy atom. The predicted octanol–water partition coefficient (Wildman–Crippen LogP) is 0.674. The molecule has 0 heterocycles. The second-order valence-electron chi connectivity index (χ2n) is 4.33. The highest BCUT2D eigenvalue weighted by atomic mass is 32.2. The van der Waals surface area contributed by atoms with Gasteiger partial charge >= 0.3 is 0 Å². The summed E-state index contributed by atoms with van der Waals surface area (Å²) in [6.07, 6.45) is 0. The van der Waals surface area contributed by atoms with E-state index in [1.165, 1.54) is 6.92 Å². The first kappa shape index (κ1) is 16.6. The minimum atomic E-state index is -3.20. The number of anilines is 1. The molecule has 0 radical (unpaired) electrons. The summed E-state index contributed by atoms with van der Waals surface area (Å²) in [5.41, 5.74) is 1.66. The Labute approximate surface area is 120 Å². The van der Waals surface area contributed by atoms with Gasteiger partial charge in [-0.3, -0.25) is 4.79 Å². The number of amides is 1. The van der Waals surface area contributed by atoms with Crippen molar-refractivity contribution in [1.29, 1.82) is 0 Å². The quantitative estimate of drug-likeness (QED) is 0.616. The average molecular weight is 299 g/mol. The van der Waals surface area contributed by atoms with Gasteiger partial charge in [-0.1, -0.05) is 25.1 Å². The van der Waals surface area contributed by atoms with E-state index in [-0.39, 0.29) is 11.7 Å². The number of sulfonamides is 1. The zero-order chi connectivity index (χ0) is 15.0. The number of carbonyl (C=O) groups excluding carboxylic acids is 1. The molecule has 1 amide bonds. The molecule has 1 aromatic carbocycles. The number of rotatable bonds is 8. The van der Waals surface area contributed by atoms with E-state index in [0.717, 1.165) is 11.3 Å². The van der Waals surface area contributed by atoms with Gasteiger partial charge in [0.1, 0.15) is 0 Å². The molecule has 1 rings (SSSR count). The fourth-order valence-corrected chi connectivity index (χ4v) is 2.70. The van der Waals surface area contributed by atoms with Crippen LogP contribution in [0.25, 0.3) is 0 Å². The molecule has 0 spiro atoms. The lowest BCUT2D eigenvalue weighted by molar-refractivity contribution is -0.114. The van der Waals surface area contributed by atoms with Gasteiger partial charge in [0, 0.05) is 32.2 Å². The number of para-hydroxylation sites is 1. The molecule has 0 saturated carbocycles. The van der Waals surface area contributed by atoms with E-state index in [0.29, 0.717) is 19.6 Å². The molecule has 20 heavy (non-hydrogen) atoms. The van der Waals surface area contributed by atoms with Gasteiger partial charge in [-0.2, -0.15) is 0 Å². The predicted molar refractivity (Wildman–Crippen MR) is 79.9 cm³/mol. The lowest BCUT2D eigenvalue weighted by Gasteiger charge is -2.11. The van der Waals surface area contributed by atoms with E-state index in [1.54, 1.807) is 6.92 Å². The van der Waals surface area contributed by atoms with Crippen molar-refractivity contribution in [3.8, 4) is 0 Å². The molecule has 7 heteroatoms. The maximum atomic E-state index is 11.4. The number of hydrogen-bond donors (Lipinski definition) is 3. The van der Waals surface area contributed by atoms with Crippen LogP contribution < -0.4 is 15.4 Å². The van der Waals surface area contributed by atoms with Crippen LogP contribution in [0.4, 0.5) is 5.69 Å². The largest absolute Gasteiger partial charge is 0.326 e. The third-order valence-electron chi connectivity index (χ3n) is 2.56. The van der Waals surface area contributed by atoms with Gasteiger partial charge in [-0.05, 0) is 11.6 Å². The van der Waals surface area contributed by atoms with Crippen LogP contribution in [0.1, 0.15) is 19.4 Å². The molecule has 0 saturated heterocycles. The van der Waals surface area contributed by atoms with Crippen molar-refractivity contribution in [2.45, 2.75) is 20.4 Å². The Kier molecular flexibility index (Phi) is 6.63. The Bertz CT molecular complexity index is 544. The first-order chi connectivity index (χ1) is 9.44. The Balaban J connectivity index is 2.48. The SMILES string of the molecule is CCNS(=O)(=O)CCNCc1ccccc1NC(C)=O. The van der Waals surface area contributed by atoms with Crippen molar-refractivity contribution >= 4 is 21.6 Å². The number of benzene rings is 1. The third-order valence-corrected chi connectivity index (χ3v) is 4.03. The number of hydrogen-bond acceptors (Lipinski definition) is 4. The summed E-state index contributed by atoms with van der Waals surface area (Å²) < 4.78 is 25.3. The average Bonchev–Trinajstić information content (AvgIpc) is 2.35. The van der Waals surface area contributed by atoms with Crippen molar-refractivity contribution in [3.63, 3.8) is 0 Å². The summed E-state index contributed by atoms with van der Waals surface area (Å²) >= 11 is 0. The van der Waals surface area contributed by atoms with Crippen molar-refractivity contribution < 1.29 is 13.2 Å². The van der Waals surface area contributed by atoms with E-state index in [9.17, 15) is 13.2 Å². The van der Waals surface area contributed by atoms with E-state index in [1.807, 2.05) is 24.3 Å². The smallest absolute Gasteiger partial charge is 0.221 e. The van der Waals surface area contributed by atoms with Gasteiger partial charge in [0.15, 0.2) is 0 Å².